The molecule has 0 radical (unpaired) electrons. The Balaban J connectivity index is 1.82. The van der Waals surface area contributed by atoms with Crippen LogP contribution in [0.3, 0.4) is 0 Å². The van der Waals surface area contributed by atoms with Crippen LogP contribution in [0.25, 0.3) is 11.6 Å². The first-order valence-electron chi connectivity index (χ1n) is 14.5. The number of carbonyl (C=O) groups is 2. The van der Waals surface area contributed by atoms with Crippen molar-refractivity contribution < 1.29 is 46.7 Å². The largest absolute Gasteiger partial charge is 0.497 e. The number of anilines is 1. The predicted molar refractivity (Wildman–Crippen MR) is 180 cm³/mol. The van der Waals surface area contributed by atoms with Gasteiger partial charge in [0.2, 0.25) is 16.8 Å². The van der Waals surface area contributed by atoms with Gasteiger partial charge in [0.05, 0.1) is 23.1 Å². The van der Waals surface area contributed by atoms with Crippen LogP contribution < -0.4 is 41.1 Å². The highest BCUT2D eigenvalue weighted by Crippen LogP contribution is 2.41. The number of aliphatic carboxylic acids is 2. The topological polar surface area (TPSA) is 277 Å². The second kappa shape index (κ2) is 14.6. The molecule has 0 aliphatic carbocycles. The van der Waals surface area contributed by atoms with Gasteiger partial charge in [-0.05, 0) is 24.6 Å². The zero-order chi connectivity index (χ0) is 38.1. The number of thiazole rings is 2. The van der Waals surface area contributed by atoms with E-state index >= 15 is 0 Å². The summed E-state index contributed by atoms with van der Waals surface area (Å²) in [4.78, 5) is 65.7. The van der Waals surface area contributed by atoms with Crippen LogP contribution in [0.15, 0.2) is 49.0 Å². The number of aromatic nitrogens is 3. The predicted octanol–water partition coefficient (Wildman–Crippen LogP) is -0.827. The van der Waals surface area contributed by atoms with Crippen molar-refractivity contribution in [3.63, 3.8) is 0 Å². The van der Waals surface area contributed by atoms with Gasteiger partial charge in [-0.2, -0.15) is 18.9 Å². The van der Waals surface area contributed by atoms with Crippen molar-refractivity contribution in [3.05, 3.63) is 90.6 Å². The normalized spacial score (nSPS) is 14.8. The van der Waals surface area contributed by atoms with Gasteiger partial charge in [0.1, 0.15) is 44.8 Å². The fourth-order valence-corrected chi connectivity index (χ4v) is 7.81. The summed E-state index contributed by atoms with van der Waals surface area (Å²) in [5.74, 6) is -2.58. The molecule has 0 bridgehead atoms. The molecule has 19 nitrogen and oxygen atoms in total. The first-order chi connectivity index (χ1) is 24.6. The van der Waals surface area contributed by atoms with Crippen LogP contribution >= 0.6 is 22.7 Å². The van der Waals surface area contributed by atoms with E-state index in [1.165, 1.54) is 26.3 Å². The number of hydrogen-bond donors (Lipinski definition) is 3. The third-order valence-corrected chi connectivity index (χ3v) is 10.6. The number of ether oxygens (including phenoxy) is 2. The lowest BCUT2D eigenvalue weighted by molar-refractivity contribution is -0.138. The number of fused-ring (bicyclic) bond motifs is 1. The van der Waals surface area contributed by atoms with Crippen LogP contribution in [-0.4, -0.2) is 68.2 Å². The fraction of sp³-hybridized carbons (Fsp3) is 0.233. The van der Waals surface area contributed by atoms with E-state index in [1.54, 1.807) is 35.2 Å². The average Bonchev–Trinajstić information content (AvgIpc) is 3.77. The van der Waals surface area contributed by atoms with Crippen LogP contribution in [0, 0.1) is 41.9 Å². The van der Waals surface area contributed by atoms with Crippen LogP contribution in [0.4, 0.5) is 5.69 Å². The van der Waals surface area contributed by atoms with Crippen LogP contribution in [0.2, 0.25) is 0 Å². The molecule has 0 fully saturated rings. The van der Waals surface area contributed by atoms with E-state index in [1.807, 2.05) is 0 Å². The van der Waals surface area contributed by atoms with Crippen molar-refractivity contribution in [1.82, 2.24) is 13.7 Å². The number of nitriles is 2. The molecule has 3 aromatic heterocycles. The summed E-state index contributed by atoms with van der Waals surface area (Å²) in [6, 6.07) is 7.99. The number of allylic oxidation sites excluding steroid dienone is 1. The van der Waals surface area contributed by atoms with E-state index in [9.17, 15) is 57.7 Å². The Hall–Kier alpha value is -6.20. The van der Waals surface area contributed by atoms with Gasteiger partial charge in [0, 0.05) is 25.7 Å². The van der Waals surface area contributed by atoms with Crippen LogP contribution in [-0.2, 0) is 39.8 Å². The summed E-state index contributed by atoms with van der Waals surface area (Å²) in [5.41, 5.74) is -3.92. The van der Waals surface area contributed by atoms with Crippen LogP contribution in [0.5, 0.6) is 11.5 Å². The lowest BCUT2D eigenvalue weighted by atomic mass is 10.2. The standard InChI is InChI=1S/C30H24N6O13S3/c1-33-26(42)23(49-28(33)15(11-31)12-32)29-36(14-22(39)40)27(43)24(51-29)30-35(13-21(37)38)25(41)19(50-30)6-7-20-34(8-3-9-52(44,45)46)17-10-16(47-2)4-5-18(17)48-20/h4-7,10H,3,8-9,13-14H2,1-2H3,(H,37,38)(H,39,40)(H,44,45,46)/b19-6-,20-7+,29-23+,30-24+. The van der Waals surface area contributed by atoms with Gasteiger partial charge in [-0.3, -0.25) is 42.2 Å². The average molecular weight is 773 g/mol. The Labute approximate surface area is 297 Å². The van der Waals surface area contributed by atoms with Crippen LogP contribution in [0.1, 0.15) is 6.42 Å². The van der Waals surface area contributed by atoms with Gasteiger partial charge in [0.25, 0.3) is 26.8 Å². The molecule has 1 aromatic carbocycles. The molecule has 270 valence electrons. The van der Waals surface area contributed by atoms with Gasteiger partial charge >= 0.3 is 11.9 Å². The molecule has 0 unspecified atom stereocenters. The SMILES string of the molecule is COc1ccc2c(c1)N(CCCS(=O)(=O)O)/C(=C\C=c1/s/c(=c3/s/c(=c4/oc(=C(C#N)C#N)n(C)c4=O)n(CC(=O)O)c3=O)n(CC(=O)O)c1=O)O2. The molecule has 0 amide bonds. The summed E-state index contributed by atoms with van der Waals surface area (Å²) in [7, 11) is -1.65. The maximum Gasteiger partial charge on any atom is 0.323 e. The van der Waals surface area contributed by atoms with Gasteiger partial charge in [0.15, 0.2) is 11.3 Å². The van der Waals surface area contributed by atoms with Gasteiger partial charge in [-0.15, -0.1) is 22.7 Å². The molecule has 0 spiro atoms. The van der Waals surface area contributed by atoms with Gasteiger partial charge in [-0.1, -0.05) is 0 Å². The molecule has 5 rings (SSSR count). The number of methoxy groups -OCH3 is 1. The van der Waals surface area contributed by atoms with Crippen molar-refractivity contribution in [2.24, 2.45) is 7.05 Å². The smallest absolute Gasteiger partial charge is 0.323 e. The van der Waals surface area contributed by atoms with Gasteiger partial charge < -0.3 is 29.0 Å². The molecule has 0 saturated heterocycles. The maximum absolute atomic E-state index is 13.7. The highest BCUT2D eigenvalue weighted by Gasteiger charge is 2.27. The van der Waals surface area contributed by atoms with Crippen molar-refractivity contribution in [2.45, 2.75) is 19.5 Å². The molecule has 52 heavy (non-hydrogen) atoms. The van der Waals surface area contributed by atoms with E-state index < -0.39 is 74.1 Å². The Kier molecular flexibility index (Phi) is 10.4. The van der Waals surface area contributed by atoms with Crippen molar-refractivity contribution >= 4 is 62.1 Å². The molecule has 0 atom stereocenters. The zero-order valence-corrected chi connectivity index (χ0v) is 29.2. The second-order valence-electron chi connectivity index (χ2n) is 10.7. The van der Waals surface area contributed by atoms with E-state index in [0.717, 1.165) is 9.13 Å². The quantitative estimate of drug-likeness (QED) is 0.166. The summed E-state index contributed by atoms with van der Waals surface area (Å²) in [6.07, 6.45) is 2.61. The number of rotatable bonds is 10. The zero-order valence-electron chi connectivity index (χ0n) is 26.8. The maximum atomic E-state index is 13.7. The third kappa shape index (κ3) is 7.31. The number of hydrogen-bond acceptors (Lipinski definition) is 15. The van der Waals surface area contributed by atoms with E-state index in [2.05, 4.69) is 0 Å². The minimum Gasteiger partial charge on any atom is -0.497 e. The number of oxazole rings is 1. The first-order valence-corrected chi connectivity index (χ1v) is 17.7. The molecule has 0 saturated carbocycles. The molecular weight excluding hydrogens is 749 g/mol. The second-order valence-corrected chi connectivity index (χ2v) is 14.3. The highest BCUT2D eigenvalue weighted by atomic mass is 32.2. The lowest BCUT2D eigenvalue weighted by Crippen LogP contribution is -2.30. The Morgan fingerprint density at radius 3 is 2.23 bits per heavy atom. The third-order valence-electron chi connectivity index (χ3n) is 7.30. The number of nitrogens with zero attached hydrogens (tertiary/aromatic N) is 6. The molecule has 1 aliphatic rings. The molecule has 4 aromatic rings. The molecule has 1 aliphatic heterocycles. The highest BCUT2D eigenvalue weighted by molar-refractivity contribution is 7.85. The molecular formula is C30H24N6O13S3. The molecule has 4 heterocycles. The minimum atomic E-state index is -4.28. The van der Waals surface area contributed by atoms with Gasteiger partial charge in [-0.25, -0.2) is 0 Å². The minimum absolute atomic E-state index is 0.0271. The van der Waals surface area contributed by atoms with Crippen molar-refractivity contribution in [2.75, 3.05) is 24.3 Å². The molecule has 22 heteroatoms. The van der Waals surface area contributed by atoms with E-state index in [4.69, 9.17) is 13.9 Å². The van der Waals surface area contributed by atoms with E-state index in [-0.39, 0.29) is 37.2 Å². The molecule has 3 N–H and O–H groups in total. The summed E-state index contributed by atoms with van der Waals surface area (Å²) in [5, 5.41) is 37.8. The first kappa shape index (κ1) is 37.1. The summed E-state index contributed by atoms with van der Waals surface area (Å²) >= 11 is 1.21. The van der Waals surface area contributed by atoms with Crippen molar-refractivity contribution in [1.29, 1.82) is 10.5 Å². The lowest BCUT2D eigenvalue weighted by Gasteiger charge is -2.18. The monoisotopic (exact) mass is 772 g/mol. The van der Waals surface area contributed by atoms with Crippen molar-refractivity contribution in [3.8, 4) is 23.6 Å². The summed E-state index contributed by atoms with van der Waals surface area (Å²) < 4.78 is 50.0. The Morgan fingerprint density at radius 2 is 1.63 bits per heavy atom. The number of benzene rings is 1. The number of carboxylic acid groups (broad SMARTS) is 2. The summed E-state index contributed by atoms with van der Waals surface area (Å²) in [6.45, 7) is -1.86. The Bertz CT molecular complexity index is 2880. The Morgan fingerprint density at radius 1 is 0.981 bits per heavy atom. The fourth-order valence-electron chi connectivity index (χ4n) is 5.02. The van der Waals surface area contributed by atoms with E-state index in [0.29, 0.717) is 44.4 Å². The number of carboxylic acids is 2.